The number of carbonyl (C=O) groups excluding carboxylic acids is 2. The van der Waals surface area contributed by atoms with Crippen LogP contribution in [0.15, 0.2) is 24.3 Å². The van der Waals surface area contributed by atoms with Gasteiger partial charge in [0.25, 0.3) is 5.91 Å². The number of alkyl carbamates (subject to hydrolysis) is 1. The summed E-state index contributed by atoms with van der Waals surface area (Å²) < 4.78 is 6.66. The number of aryl methyl sites for hydroxylation is 1. The Kier molecular flexibility index (Phi) is 5.68. The number of rotatable bonds is 5. The fourth-order valence-electron chi connectivity index (χ4n) is 2.01. The highest BCUT2D eigenvalue weighted by molar-refractivity contribution is 5.94. The zero-order valence-electron chi connectivity index (χ0n) is 14.7. The van der Waals surface area contributed by atoms with Gasteiger partial charge in [-0.3, -0.25) is 4.79 Å². The summed E-state index contributed by atoms with van der Waals surface area (Å²) in [4.78, 5) is 23.7. The van der Waals surface area contributed by atoms with Crippen molar-refractivity contribution in [2.75, 3.05) is 13.1 Å². The normalized spacial score (nSPS) is 11.0. The average molecular weight is 346 g/mol. The molecule has 1 heterocycles. The van der Waals surface area contributed by atoms with Crippen molar-refractivity contribution < 1.29 is 14.3 Å². The Morgan fingerprint density at radius 1 is 1.20 bits per heavy atom. The number of hydrogen-bond acceptors (Lipinski definition) is 6. The van der Waals surface area contributed by atoms with E-state index in [1.807, 2.05) is 6.07 Å². The molecule has 0 fully saturated rings. The quantitative estimate of drug-likeness (QED) is 0.788. The Morgan fingerprint density at radius 2 is 1.92 bits per heavy atom. The molecule has 2 aromatic rings. The molecule has 2 amide bonds. The van der Waals surface area contributed by atoms with Crippen LogP contribution in [0, 0.1) is 6.92 Å². The molecular weight excluding hydrogens is 324 g/mol. The van der Waals surface area contributed by atoms with Crippen LogP contribution in [0.2, 0.25) is 0 Å². The number of ether oxygens (including phenoxy) is 1. The third kappa shape index (κ3) is 5.55. The maximum atomic E-state index is 12.2. The highest BCUT2D eigenvalue weighted by Gasteiger charge is 2.15. The number of hydrogen-bond donors (Lipinski definition) is 2. The van der Waals surface area contributed by atoms with Crippen molar-refractivity contribution in [3.05, 3.63) is 35.7 Å². The third-order valence-corrected chi connectivity index (χ3v) is 3.06. The molecule has 9 nitrogen and oxygen atoms in total. The van der Waals surface area contributed by atoms with Crippen LogP contribution in [0.5, 0.6) is 0 Å². The molecule has 0 aliphatic carbocycles. The van der Waals surface area contributed by atoms with Crippen molar-refractivity contribution in [2.24, 2.45) is 0 Å². The predicted molar refractivity (Wildman–Crippen MR) is 90.5 cm³/mol. The number of carbonyl (C=O) groups is 2. The monoisotopic (exact) mass is 346 g/mol. The summed E-state index contributed by atoms with van der Waals surface area (Å²) in [5, 5.41) is 16.6. The van der Waals surface area contributed by atoms with Crippen LogP contribution >= 0.6 is 0 Å². The van der Waals surface area contributed by atoms with E-state index in [1.54, 1.807) is 50.6 Å². The van der Waals surface area contributed by atoms with Crippen LogP contribution in [0.1, 0.15) is 37.0 Å². The molecule has 2 N–H and O–H groups in total. The standard InChI is InChI=1S/C16H22N6O3/c1-11-19-20-21-22(11)13-7-5-6-12(10-13)14(23)17-8-9-18-15(24)25-16(2,3)4/h5-7,10H,8-9H2,1-4H3,(H,17,23)(H,18,24). The fraction of sp³-hybridized carbons (Fsp3) is 0.438. The van der Waals surface area contributed by atoms with Crippen molar-refractivity contribution in [3.8, 4) is 5.69 Å². The molecular formula is C16H22N6O3. The molecule has 0 spiro atoms. The SMILES string of the molecule is Cc1nnnn1-c1cccc(C(=O)NCCNC(=O)OC(C)(C)C)c1. The van der Waals surface area contributed by atoms with Crippen LogP contribution in [0.3, 0.4) is 0 Å². The van der Waals surface area contributed by atoms with Crippen molar-refractivity contribution in [1.82, 2.24) is 30.8 Å². The summed E-state index contributed by atoms with van der Waals surface area (Å²) >= 11 is 0. The van der Waals surface area contributed by atoms with Gasteiger partial charge in [0.2, 0.25) is 0 Å². The molecule has 0 bridgehead atoms. The van der Waals surface area contributed by atoms with Gasteiger partial charge in [0.05, 0.1) is 5.69 Å². The van der Waals surface area contributed by atoms with E-state index in [4.69, 9.17) is 4.74 Å². The molecule has 25 heavy (non-hydrogen) atoms. The summed E-state index contributed by atoms with van der Waals surface area (Å²) in [7, 11) is 0. The molecule has 0 saturated heterocycles. The lowest BCUT2D eigenvalue weighted by Gasteiger charge is -2.19. The number of amides is 2. The van der Waals surface area contributed by atoms with E-state index in [-0.39, 0.29) is 19.0 Å². The van der Waals surface area contributed by atoms with Gasteiger partial charge in [0.1, 0.15) is 5.60 Å². The molecule has 0 radical (unpaired) electrons. The van der Waals surface area contributed by atoms with Crippen molar-refractivity contribution in [3.63, 3.8) is 0 Å². The van der Waals surface area contributed by atoms with Crippen molar-refractivity contribution in [1.29, 1.82) is 0 Å². The number of aromatic nitrogens is 4. The minimum absolute atomic E-state index is 0.251. The topological polar surface area (TPSA) is 111 Å². The summed E-state index contributed by atoms with van der Waals surface area (Å²) in [5.74, 6) is 0.373. The summed E-state index contributed by atoms with van der Waals surface area (Å²) in [5.41, 5.74) is 0.619. The Bertz CT molecular complexity index is 750. The van der Waals surface area contributed by atoms with E-state index in [0.717, 1.165) is 0 Å². The number of nitrogens with zero attached hydrogens (tertiary/aromatic N) is 4. The van der Waals surface area contributed by atoms with Crippen molar-refractivity contribution in [2.45, 2.75) is 33.3 Å². The first-order chi connectivity index (χ1) is 11.8. The maximum absolute atomic E-state index is 12.2. The second kappa shape index (κ2) is 7.73. The Labute approximate surface area is 145 Å². The van der Waals surface area contributed by atoms with Crippen LogP contribution in [0.4, 0.5) is 4.79 Å². The molecule has 0 unspecified atom stereocenters. The lowest BCUT2D eigenvalue weighted by molar-refractivity contribution is 0.0526. The minimum atomic E-state index is -0.553. The van der Waals surface area contributed by atoms with Gasteiger partial charge in [-0.25, -0.2) is 4.79 Å². The van der Waals surface area contributed by atoms with E-state index >= 15 is 0 Å². The van der Waals surface area contributed by atoms with Gasteiger partial charge in [0.15, 0.2) is 5.82 Å². The second-order valence-corrected chi connectivity index (χ2v) is 6.37. The number of benzene rings is 1. The van der Waals surface area contributed by atoms with Gasteiger partial charge in [-0.2, -0.15) is 4.68 Å². The molecule has 0 atom stereocenters. The van der Waals surface area contributed by atoms with Gasteiger partial charge in [-0.1, -0.05) is 6.07 Å². The van der Waals surface area contributed by atoms with E-state index in [0.29, 0.717) is 17.1 Å². The van der Waals surface area contributed by atoms with Gasteiger partial charge >= 0.3 is 6.09 Å². The van der Waals surface area contributed by atoms with Gasteiger partial charge in [0, 0.05) is 18.7 Å². The molecule has 9 heteroatoms. The number of tetrazole rings is 1. The van der Waals surface area contributed by atoms with Gasteiger partial charge in [-0.15, -0.1) is 5.10 Å². The second-order valence-electron chi connectivity index (χ2n) is 6.37. The van der Waals surface area contributed by atoms with Crippen LogP contribution in [0.25, 0.3) is 5.69 Å². The van der Waals surface area contributed by atoms with E-state index in [2.05, 4.69) is 26.2 Å². The lowest BCUT2D eigenvalue weighted by atomic mass is 10.2. The van der Waals surface area contributed by atoms with Gasteiger partial charge < -0.3 is 15.4 Å². The van der Waals surface area contributed by atoms with Gasteiger partial charge in [-0.05, 0) is 56.3 Å². The third-order valence-electron chi connectivity index (χ3n) is 3.06. The first-order valence-corrected chi connectivity index (χ1v) is 7.87. The molecule has 2 rings (SSSR count). The van der Waals surface area contributed by atoms with Crippen LogP contribution < -0.4 is 10.6 Å². The maximum Gasteiger partial charge on any atom is 0.407 e. The first kappa shape index (κ1) is 18.4. The Hall–Kier alpha value is -2.97. The Balaban J connectivity index is 1.86. The van der Waals surface area contributed by atoms with Crippen LogP contribution in [-0.4, -0.2) is 50.9 Å². The van der Waals surface area contributed by atoms with Crippen LogP contribution in [-0.2, 0) is 4.74 Å². The molecule has 1 aromatic heterocycles. The molecule has 0 aliphatic heterocycles. The highest BCUT2D eigenvalue weighted by Crippen LogP contribution is 2.10. The molecule has 1 aromatic carbocycles. The number of nitrogens with one attached hydrogen (secondary N) is 2. The zero-order valence-corrected chi connectivity index (χ0v) is 14.7. The largest absolute Gasteiger partial charge is 0.444 e. The summed E-state index contributed by atoms with van der Waals surface area (Å²) in [6.45, 7) is 7.68. The van der Waals surface area contributed by atoms with E-state index in [1.165, 1.54) is 0 Å². The van der Waals surface area contributed by atoms with E-state index < -0.39 is 11.7 Å². The first-order valence-electron chi connectivity index (χ1n) is 7.87. The zero-order chi connectivity index (χ0) is 18.4. The van der Waals surface area contributed by atoms with Crippen molar-refractivity contribution >= 4 is 12.0 Å². The summed E-state index contributed by atoms with van der Waals surface area (Å²) in [6.07, 6.45) is -0.516. The molecule has 0 aliphatic rings. The molecule has 0 saturated carbocycles. The van der Waals surface area contributed by atoms with E-state index in [9.17, 15) is 9.59 Å². The smallest absolute Gasteiger partial charge is 0.407 e. The Morgan fingerprint density at radius 3 is 2.56 bits per heavy atom. The minimum Gasteiger partial charge on any atom is -0.444 e. The predicted octanol–water partition coefficient (Wildman–Crippen LogP) is 1.23. The molecule has 134 valence electrons. The lowest BCUT2D eigenvalue weighted by Crippen LogP contribution is -2.37. The summed E-state index contributed by atoms with van der Waals surface area (Å²) in [6, 6.07) is 6.95. The fourth-order valence-corrected chi connectivity index (χ4v) is 2.01. The average Bonchev–Trinajstić information content (AvgIpc) is 2.96. The highest BCUT2D eigenvalue weighted by atomic mass is 16.6.